The first kappa shape index (κ1) is 29.3. The highest BCUT2D eigenvalue weighted by atomic mass is 19.1. The van der Waals surface area contributed by atoms with E-state index >= 15 is 0 Å². The molecule has 41 heavy (non-hydrogen) atoms. The Balaban J connectivity index is 1.59. The first-order chi connectivity index (χ1) is 19.9. The average molecular weight is 570 g/mol. The third-order valence-corrected chi connectivity index (χ3v) is 5.84. The molecular formula is C28H28FN3O9. The SMILES string of the molecule is CO[C@H]1O[C@H](CO)[C@@H](OC(=O)Nc2cccc(F)c2)[C@H](OC(=O)Nc2ccccc2)[C@H]1OC(=O)Nc1ccccc1. The highest BCUT2D eigenvalue weighted by Crippen LogP contribution is 2.30. The summed E-state index contributed by atoms with van der Waals surface area (Å²) in [5, 5.41) is 17.5. The van der Waals surface area contributed by atoms with E-state index in [2.05, 4.69) is 16.0 Å². The maximum absolute atomic E-state index is 13.6. The molecule has 0 aliphatic carbocycles. The summed E-state index contributed by atoms with van der Waals surface area (Å²) < 4.78 is 41.3. The van der Waals surface area contributed by atoms with Gasteiger partial charge in [-0.1, -0.05) is 42.5 Å². The zero-order chi connectivity index (χ0) is 29.2. The molecule has 1 saturated heterocycles. The Hall–Kier alpha value is -4.72. The van der Waals surface area contributed by atoms with Crippen LogP contribution in [0.3, 0.4) is 0 Å². The molecule has 13 heteroatoms. The second-order valence-corrected chi connectivity index (χ2v) is 8.69. The van der Waals surface area contributed by atoms with Gasteiger partial charge in [0.25, 0.3) is 0 Å². The van der Waals surface area contributed by atoms with Gasteiger partial charge in [-0.2, -0.15) is 0 Å². The second kappa shape index (κ2) is 14.1. The normalized spacial score (nSPS) is 21.7. The molecule has 3 aromatic carbocycles. The van der Waals surface area contributed by atoms with Crippen LogP contribution >= 0.6 is 0 Å². The number of benzene rings is 3. The van der Waals surface area contributed by atoms with E-state index in [4.69, 9.17) is 23.7 Å². The molecule has 216 valence electrons. The largest absolute Gasteiger partial charge is 0.439 e. The summed E-state index contributed by atoms with van der Waals surface area (Å²) in [4.78, 5) is 38.5. The number of amides is 3. The number of anilines is 3. The number of carbonyl (C=O) groups is 3. The Morgan fingerprint density at radius 2 is 1.22 bits per heavy atom. The van der Waals surface area contributed by atoms with Crippen molar-refractivity contribution in [3.05, 3.63) is 90.7 Å². The first-order valence-corrected chi connectivity index (χ1v) is 12.4. The number of methoxy groups -OCH3 is 1. The highest BCUT2D eigenvalue weighted by Gasteiger charge is 2.52. The number of aliphatic hydroxyl groups excluding tert-OH is 1. The Labute approximate surface area is 234 Å². The Morgan fingerprint density at radius 3 is 1.73 bits per heavy atom. The summed E-state index contributed by atoms with van der Waals surface area (Å²) in [6.45, 7) is -0.694. The van der Waals surface area contributed by atoms with Crippen LogP contribution in [0.5, 0.6) is 0 Å². The van der Waals surface area contributed by atoms with Gasteiger partial charge in [-0.3, -0.25) is 16.0 Å². The summed E-state index contributed by atoms with van der Waals surface area (Å²) in [5.41, 5.74) is 0.890. The van der Waals surface area contributed by atoms with Crippen molar-refractivity contribution >= 4 is 35.3 Å². The number of hydrogen-bond donors (Lipinski definition) is 4. The smallest absolute Gasteiger partial charge is 0.412 e. The third kappa shape index (κ3) is 8.14. The standard InChI is InChI=1S/C28H28FN3O9/c1-37-25-24(41-27(35)31-19-12-6-3-7-13-19)23(40-26(34)30-18-10-4-2-5-11-18)22(21(16-33)38-25)39-28(36)32-20-14-8-9-17(29)15-20/h2-15,21-25,33H,16H2,1H3,(H,30,34)(H,31,35)(H,32,36)/t21-,22-,23+,24-,25+/m1/s1. The number of rotatable bonds is 8. The number of ether oxygens (including phenoxy) is 5. The van der Waals surface area contributed by atoms with Gasteiger partial charge in [0.05, 0.1) is 6.61 Å². The third-order valence-electron chi connectivity index (χ3n) is 5.84. The number of aliphatic hydroxyl groups is 1. The molecule has 1 heterocycles. The number of nitrogens with one attached hydrogen (secondary N) is 3. The van der Waals surface area contributed by atoms with Gasteiger partial charge in [0, 0.05) is 24.2 Å². The van der Waals surface area contributed by atoms with Crippen molar-refractivity contribution in [2.24, 2.45) is 0 Å². The van der Waals surface area contributed by atoms with Crippen LogP contribution in [0.4, 0.5) is 35.8 Å². The van der Waals surface area contributed by atoms with E-state index in [1.807, 2.05) is 0 Å². The van der Waals surface area contributed by atoms with Crippen molar-refractivity contribution in [3.8, 4) is 0 Å². The molecule has 4 rings (SSSR count). The van der Waals surface area contributed by atoms with Crippen molar-refractivity contribution < 1.29 is 47.6 Å². The fourth-order valence-corrected chi connectivity index (χ4v) is 4.04. The monoisotopic (exact) mass is 569 g/mol. The molecule has 0 aromatic heterocycles. The van der Waals surface area contributed by atoms with E-state index in [1.165, 1.54) is 25.3 Å². The molecule has 1 aliphatic heterocycles. The van der Waals surface area contributed by atoms with Gasteiger partial charge in [-0.15, -0.1) is 0 Å². The Morgan fingerprint density at radius 1 is 0.732 bits per heavy atom. The minimum atomic E-state index is -1.53. The van der Waals surface area contributed by atoms with Crippen molar-refractivity contribution in [3.63, 3.8) is 0 Å². The zero-order valence-electron chi connectivity index (χ0n) is 21.8. The molecule has 5 atom stereocenters. The Bertz CT molecular complexity index is 1320. The van der Waals surface area contributed by atoms with Crippen LogP contribution in [0.25, 0.3) is 0 Å². The van der Waals surface area contributed by atoms with Crippen LogP contribution in [-0.2, 0) is 23.7 Å². The van der Waals surface area contributed by atoms with Gasteiger partial charge in [0.1, 0.15) is 11.9 Å². The number of halogens is 1. The number of para-hydroxylation sites is 2. The molecule has 0 spiro atoms. The molecule has 0 unspecified atom stereocenters. The van der Waals surface area contributed by atoms with Crippen LogP contribution in [-0.4, -0.2) is 67.8 Å². The van der Waals surface area contributed by atoms with Gasteiger partial charge < -0.3 is 28.8 Å². The zero-order valence-corrected chi connectivity index (χ0v) is 21.8. The molecule has 3 amide bonds. The van der Waals surface area contributed by atoms with E-state index in [0.29, 0.717) is 11.4 Å². The summed E-state index contributed by atoms with van der Waals surface area (Å²) >= 11 is 0. The Kier molecular flexibility index (Phi) is 10.0. The van der Waals surface area contributed by atoms with Crippen molar-refractivity contribution in [1.82, 2.24) is 0 Å². The molecule has 1 fully saturated rings. The van der Waals surface area contributed by atoms with E-state index in [1.54, 1.807) is 60.7 Å². The summed E-state index contributed by atoms with van der Waals surface area (Å²) in [5.74, 6) is -0.600. The highest BCUT2D eigenvalue weighted by molar-refractivity contribution is 5.86. The first-order valence-electron chi connectivity index (χ1n) is 12.4. The average Bonchev–Trinajstić information content (AvgIpc) is 2.96. The molecule has 12 nitrogen and oxygen atoms in total. The second-order valence-electron chi connectivity index (χ2n) is 8.69. The van der Waals surface area contributed by atoms with Crippen LogP contribution in [0.15, 0.2) is 84.9 Å². The van der Waals surface area contributed by atoms with E-state index in [-0.39, 0.29) is 5.69 Å². The number of carbonyl (C=O) groups excluding carboxylic acids is 3. The van der Waals surface area contributed by atoms with E-state index in [0.717, 1.165) is 6.07 Å². The lowest BCUT2D eigenvalue weighted by Crippen LogP contribution is -2.63. The summed E-state index contributed by atoms with van der Waals surface area (Å²) in [6.07, 6.45) is -10.1. The lowest BCUT2D eigenvalue weighted by Gasteiger charge is -2.43. The fourth-order valence-electron chi connectivity index (χ4n) is 4.04. The quantitative estimate of drug-likeness (QED) is 0.290. The molecule has 4 N–H and O–H groups in total. The summed E-state index contributed by atoms with van der Waals surface area (Å²) in [6, 6.07) is 21.8. The van der Waals surface area contributed by atoms with Gasteiger partial charge in [0.15, 0.2) is 24.6 Å². The number of hydrogen-bond acceptors (Lipinski definition) is 9. The topological polar surface area (TPSA) is 154 Å². The van der Waals surface area contributed by atoms with Gasteiger partial charge in [-0.05, 0) is 42.5 Å². The minimum absolute atomic E-state index is 0.0800. The van der Waals surface area contributed by atoms with Gasteiger partial charge >= 0.3 is 18.3 Å². The van der Waals surface area contributed by atoms with Crippen molar-refractivity contribution in [2.75, 3.05) is 29.7 Å². The molecule has 0 saturated carbocycles. The maximum Gasteiger partial charge on any atom is 0.412 e. The molecule has 3 aromatic rings. The lowest BCUT2D eigenvalue weighted by molar-refractivity contribution is -0.290. The van der Waals surface area contributed by atoms with Gasteiger partial charge in [0.2, 0.25) is 0 Å². The van der Waals surface area contributed by atoms with Crippen LogP contribution in [0.1, 0.15) is 0 Å². The van der Waals surface area contributed by atoms with Crippen molar-refractivity contribution in [2.45, 2.75) is 30.7 Å². The maximum atomic E-state index is 13.6. The van der Waals surface area contributed by atoms with Crippen molar-refractivity contribution in [1.29, 1.82) is 0 Å². The van der Waals surface area contributed by atoms with Gasteiger partial charge in [-0.25, -0.2) is 18.8 Å². The summed E-state index contributed by atoms with van der Waals surface area (Å²) in [7, 11) is 1.25. The van der Waals surface area contributed by atoms with Crippen LogP contribution < -0.4 is 16.0 Å². The van der Waals surface area contributed by atoms with Crippen LogP contribution in [0, 0.1) is 5.82 Å². The molecular weight excluding hydrogens is 541 g/mol. The predicted octanol–water partition coefficient (Wildman–Crippen LogP) is 4.34. The van der Waals surface area contributed by atoms with Crippen LogP contribution in [0.2, 0.25) is 0 Å². The molecule has 0 radical (unpaired) electrons. The van der Waals surface area contributed by atoms with E-state index < -0.39 is 61.4 Å². The molecule has 1 aliphatic rings. The predicted molar refractivity (Wildman–Crippen MR) is 144 cm³/mol. The lowest BCUT2D eigenvalue weighted by atomic mass is 9.98. The van der Waals surface area contributed by atoms with E-state index in [9.17, 15) is 23.9 Å². The minimum Gasteiger partial charge on any atom is -0.439 e. The fraction of sp³-hybridized carbons (Fsp3) is 0.250. The molecule has 0 bridgehead atoms.